The highest BCUT2D eigenvalue weighted by molar-refractivity contribution is 9.10. The fourth-order valence-corrected chi connectivity index (χ4v) is 2.78. The number of carbonyl (C=O) groups excluding carboxylic acids is 1. The molecule has 0 aliphatic carbocycles. The zero-order valence-electron chi connectivity index (χ0n) is 13.1. The molecule has 0 aliphatic rings. The number of carbonyl (C=O) groups is 1. The first-order chi connectivity index (χ1) is 12.0. The number of halogens is 1. The topological polar surface area (TPSA) is 97.2 Å². The number of nitrogens with zero attached hydrogens (tertiary/aromatic N) is 2. The Morgan fingerprint density at radius 2 is 1.92 bits per heavy atom. The number of rotatable bonds is 4. The van der Waals surface area contributed by atoms with Crippen molar-refractivity contribution in [2.75, 3.05) is 12.4 Å². The van der Waals surface area contributed by atoms with Crippen molar-refractivity contribution in [1.82, 2.24) is 10.3 Å². The number of hydrogen-bond acceptors (Lipinski definition) is 5. The number of nitrogens with one attached hydrogen (secondary N) is 2. The van der Waals surface area contributed by atoms with Gasteiger partial charge in [0.2, 0.25) is 0 Å². The van der Waals surface area contributed by atoms with Gasteiger partial charge in [-0.05, 0) is 42.5 Å². The largest absolute Gasteiger partial charge is 0.355 e. The number of fused-ring (bicyclic) bond motifs is 1. The lowest BCUT2D eigenvalue weighted by molar-refractivity contribution is -0.384. The van der Waals surface area contributed by atoms with Gasteiger partial charge in [0.25, 0.3) is 5.91 Å². The summed E-state index contributed by atoms with van der Waals surface area (Å²) in [6.07, 6.45) is 1.23. The second kappa shape index (κ2) is 6.86. The fraction of sp³-hybridized carbons (Fsp3) is 0.0588. The minimum atomic E-state index is -0.478. The predicted octanol–water partition coefficient (Wildman–Crippen LogP) is 4.01. The molecule has 126 valence electrons. The maximum absolute atomic E-state index is 11.6. The molecule has 1 heterocycles. The number of pyridine rings is 1. The van der Waals surface area contributed by atoms with E-state index >= 15 is 0 Å². The van der Waals surface area contributed by atoms with Crippen LogP contribution in [-0.4, -0.2) is 22.9 Å². The molecule has 8 heteroatoms. The van der Waals surface area contributed by atoms with E-state index in [1.807, 2.05) is 6.07 Å². The first-order valence-corrected chi connectivity index (χ1v) is 8.10. The first-order valence-electron chi connectivity index (χ1n) is 7.31. The average Bonchev–Trinajstić information content (AvgIpc) is 2.61. The molecule has 0 saturated carbocycles. The van der Waals surface area contributed by atoms with Gasteiger partial charge in [-0.2, -0.15) is 0 Å². The van der Waals surface area contributed by atoms with Gasteiger partial charge in [-0.15, -0.1) is 0 Å². The maximum Gasteiger partial charge on any atom is 0.311 e. The number of aromatic nitrogens is 1. The van der Waals surface area contributed by atoms with Gasteiger partial charge >= 0.3 is 5.69 Å². The number of benzene rings is 2. The van der Waals surface area contributed by atoms with Crippen LogP contribution in [-0.2, 0) is 0 Å². The molecule has 3 rings (SSSR count). The Labute approximate surface area is 151 Å². The third kappa shape index (κ3) is 3.43. The molecular weight excluding hydrogens is 388 g/mol. The van der Waals surface area contributed by atoms with Gasteiger partial charge in [-0.25, -0.2) is 4.98 Å². The lowest BCUT2D eigenvalue weighted by Crippen LogP contribution is -2.17. The average molecular weight is 401 g/mol. The Morgan fingerprint density at radius 1 is 1.20 bits per heavy atom. The highest BCUT2D eigenvalue weighted by Crippen LogP contribution is 2.35. The van der Waals surface area contributed by atoms with Gasteiger partial charge in [0.05, 0.1) is 10.4 Å². The molecule has 2 aromatic carbocycles. The number of hydrogen-bond donors (Lipinski definition) is 2. The van der Waals surface area contributed by atoms with Crippen LogP contribution in [0.5, 0.6) is 0 Å². The summed E-state index contributed by atoms with van der Waals surface area (Å²) in [6, 6.07) is 12.1. The Kier molecular flexibility index (Phi) is 4.62. The smallest absolute Gasteiger partial charge is 0.311 e. The minimum absolute atomic E-state index is 0.124. The standard InChI is InChI=1S/C17H13BrN4O3/c1-19-17(23)10-2-5-12(6-3-10)21-16-13-8-11(18)4-7-14(13)20-9-15(16)22(24)25/h2-9H,1H3,(H,19,23)(H,20,21). The van der Waals surface area contributed by atoms with E-state index < -0.39 is 4.92 Å². The highest BCUT2D eigenvalue weighted by Gasteiger charge is 2.18. The van der Waals surface area contributed by atoms with Gasteiger partial charge in [-0.1, -0.05) is 15.9 Å². The van der Waals surface area contributed by atoms with Gasteiger partial charge in [0.1, 0.15) is 11.9 Å². The molecule has 0 bridgehead atoms. The molecule has 7 nitrogen and oxygen atoms in total. The molecule has 0 spiro atoms. The fourth-order valence-electron chi connectivity index (χ4n) is 2.42. The van der Waals surface area contributed by atoms with Crippen LogP contribution in [0.25, 0.3) is 10.9 Å². The van der Waals surface area contributed by atoms with E-state index in [2.05, 4.69) is 31.5 Å². The molecule has 0 fully saturated rings. The van der Waals surface area contributed by atoms with E-state index in [4.69, 9.17) is 0 Å². The van der Waals surface area contributed by atoms with Crippen LogP contribution in [0.4, 0.5) is 17.1 Å². The third-order valence-corrected chi connectivity index (χ3v) is 4.14. The first kappa shape index (κ1) is 16.8. The second-order valence-electron chi connectivity index (χ2n) is 5.22. The van der Waals surface area contributed by atoms with Gasteiger partial charge in [0.15, 0.2) is 0 Å². The van der Waals surface area contributed by atoms with Crippen molar-refractivity contribution >= 4 is 49.8 Å². The summed E-state index contributed by atoms with van der Waals surface area (Å²) in [6.45, 7) is 0. The summed E-state index contributed by atoms with van der Waals surface area (Å²) in [7, 11) is 1.55. The Morgan fingerprint density at radius 3 is 2.56 bits per heavy atom. The summed E-state index contributed by atoms with van der Waals surface area (Å²) in [4.78, 5) is 26.6. The van der Waals surface area contributed by atoms with Gasteiger partial charge in [-0.3, -0.25) is 14.9 Å². The monoisotopic (exact) mass is 400 g/mol. The Hall–Kier alpha value is -3.00. The molecule has 0 aliphatic heterocycles. The van der Waals surface area contributed by atoms with E-state index in [0.717, 1.165) is 4.47 Å². The zero-order valence-corrected chi connectivity index (χ0v) is 14.7. The van der Waals surface area contributed by atoms with Crippen LogP contribution in [0.1, 0.15) is 10.4 Å². The van der Waals surface area contributed by atoms with Crippen molar-refractivity contribution in [3.8, 4) is 0 Å². The Bertz CT molecular complexity index is 974. The molecular formula is C17H13BrN4O3. The number of amides is 1. The van der Waals surface area contributed by atoms with E-state index in [9.17, 15) is 14.9 Å². The molecule has 1 amide bonds. The van der Waals surface area contributed by atoms with Crippen molar-refractivity contribution in [2.24, 2.45) is 0 Å². The van der Waals surface area contributed by atoms with E-state index in [0.29, 0.717) is 27.8 Å². The number of anilines is 2. The molecule has 1 aromatic heterocycles. The minimum Gasteiger partial charge on any atom is -0.355 e. The third-order valence-electron chi connectivity index (χ3n) is 3.65. The normalized spacial score (nSPS) is 10.5. The molecule has 3 aromatic rings. The summed E-state index contributed by atoms with van der Waals surface area (Å²) in [5.74, 6) is -0.198. The van der Waals surface area contributed by atoms with Crippen LogP contribution in [0.3, 0.4) is 0 Å². The van der Waals surface area contributed by atoms with E-state index in [-0.39, 0.29) is 11.6 Å². The van der Waals surface area contributed by atoms with Gasteiger partial charge < -0.3 is 10.6 Å². The van der Waals surface area contributed by atoms with Crippen LogP contribution in [0, 0.1) is 10.1 Å². The summed E-state index contributed by atoms with van der Waals surface area (Å²) >= 11 is 3.38. The van der Waals surface area contributed by atoms with Crippen molar-refractivity contribution in [2.45, 2.75) is 0 Å². The van der Waals surface area contributed by atoms with Crippen molar-refractivity contribution in [3.05, 3.63) is 68.8 Å². The molecule has 2 N–H and O–H groups in total. The zero-order chi connectivity index (χ0) is 18.0. The lowest BCUT2D eigenvalue weighted by Gasteiger charge is -2.11. The summed E-state index contributed by atoms with van der Waals surface area (Å²) in [5.41, 5.74) is 2.00. The van der Waals surface area contributed by atoms with Crippen LogP contribution >= 0.6 is 15.9 Å². The second-order valence-corrected chi connectivity index (χ2v) is 6.13. The highest BCUT2D eigenvalue weighted by atomic mass is 79.9. The maximum atomic E-state index is 11.6. The van der Waals surface area contributed by atoms with Gasteiger partial charge in [0, 0.05) is 28.2 Å². The summed E-state index contributed by atoms with van der Waals surface area (Å²) in [5, 5.41) is 17.6. The predicted molar refractivity (Wildman–Crippen MR) is 99.2 cm³/mol. The molecule has 0 atom stereocenters. The van der Waals surface area contributed by atoms with Crippen LogP contribution in [0.2, 0.25) is 0 Å². The van der Waals surface area contributed by atoms with Crippen molar-refractivity contribution < 1.29 is 9.72 Å². The van der Waals surface area contributed by atoms with E-state index in [1.54, 1.807) is 43.4 Å². The molecule has 25 heavy (non-hydrogen) atoms. The molecule has 0 radical (unpaired) electrons. The summed E-state index contributed by atoms with van der Waals surface area (Å²) < 4.78 is 0.792. The quantitative estimate of drug-likeness (QED) is 0.509. The van der Waals surface area contributed by atoms with Crippen LogP contribution in [0.15, 0.2) is 53.1 Å². The van der Waals surface area contributed by atoms with Crippen LogP contribution < -0.4 is 10.6 Å². The SMILES string of the molecule is CNC(=O)c1ccc(Nc2c([N+](=O)[O-])cnc3ccc(Br)cc23)cc1. The number of nitro groups is 1. The molecule has 0 unspecified atom stereocenters. The van der Waals surface area contributed by atoms with Crippen molar-refractivity contribution in [1.29, 1.82) is 0 Å². The Balaban J connectivity index is 2.07. The lowest BCUT2D eigenvalue weighted by atomic mass is 10.1. The van der Waals surface area contributed by atoms with Crippen molar-refractivity contribution in [3.63, 3.8) is 0 Å². The molecule has 0 saturated heterocycles. The van der Waals surface area contributed by atoms with E-state index in [1.165, 1.54) is 6.20 Å².